The number of piperidine rings is 1. The summed E-state index contributed by atoms with van der Waals surface area (Å²) in [7, 11) is 0. The van der Waals surface area contributed by atoms with Crippen molar-refractivity contribution < 1.29 is 24.2 Å². The second-order valence-electron chi connectivity index (χ2n) is 9.75. The van der Waals surface area contributed by atoms with Gasteiger partial charge in [0.15, 0.2) is 5.03 Å². The molecule has 0 aliphatic carbocycles. The Hall–Kier alpha value is -3.12. The number of amides is 3. The number of nitro groups is 1. The number of hydrazine groups is 1. The van der Waals surface area contributed by atoms with Gasteiger partial charge in [0.1, 0.15) is 11.6 Å². The summed E-state index contributed by atoms with van der Waals surface area (Å²) in [5.41, 5.74) is 1.10. The fourth-order valence-corrected chi connectivity index (χ4v) is 3.36. The van der Waals surface area contributed by atoms with Crippen LogP contribution in [0.3, 0.4) is 0 Å². The zero-order chi connectivity index (χ0) is 26.6. The summed E-state index contributed by atoms with van der Waals surface area (Å²) in [5, 5.41) is 25.1. The predicted octanol–water partition coefficient (Wildman–Crippen LogP) is 1.18. The SMILES string of the molecule is [CH2]CC(C)CNC(=O)[C@H](CCCNC(=N)N[N+](=O)[O-])NC(=O)C1CCN(C(=O)OC(C)(C)C)CC1. The fourth-order valence-electron chi connectivity index (χ4n) is 3.36. The lowest BCUT2D eigenvalue weighted by atomic mass is 9.95. The number of ether oxygens (including phenoxy) is 1. The minimum atomic E-state index is -0.844. The van der Waals surface area contributed by atoms with E-state index in [1.54, 1.807) is 31.1 Å². The Bertz CT molecular complexity index is 747. The lowest BCUT2D eigenvalue weighted by molar-refractivity contribution is -0.525. The van der Waals surface area contributed by atoms with Gasteiger partial charge in [0.2, 0.25) is 11.8 Å². The maximum absolute atomic E-state index is 12.9. The van der Waals surface area contributed by atoms with Crippen LogP contribution in [0, 0.1) is 34.3 Å². The van der Waals surface area contributed by atoms with Crippen LogP contribution in [0.15, 0.2) is 0 Å². The van der Waals surface area contributed by atoms with Crippen molar-refractivity contribution >= 4 is 23.9 Å². The van der Waals surface area contributed by atoms with Crippen molar-refractivity contribution in [2.24, 2.45) is 11.8 Å². The monoisotopic (exact) mass is 498 g/mol. The van der Waals surface area contributed by atoms with E-state index in [1.807, 2.05) is 6.92 Å². The molecule has 0 aromatic carbocycles. The van der Waals surface area contributed by atoms with E-state index in [9.17, 15) is 24.5 Å². The molecule has 5 N–H and O–H groups in total. The highest BCUT2D eigenvalue weighted by atomic mass is 16.7. The van der Waals surface area contributed by atoms with Crippen molar-refractivity contribution in [2.75, 3.05) is 26.2 Å². The molecular weight excluding hydrogens is 458 g/mol. The first-order valence-corrected chi connectivity index (χ1v) is 11.9. The van der Waals surface area contributed by atoms with E-state index >= 15 is 0 Å². The van der Waals surface area contributed by atoms with Crippen molar-refractivity contribution in [2.45, 2.75) is 71.4 Å². The van der Waals surface area contributed by atoms with Gasteiger partial charge in [0.25, 0.3) is 5.96 Å². The number of guanidine groups is 1. The number of carbonyl (C=O) groups excluding carboxylic acids is 3. The number of hydrogen-bond donors (Lipinski definition) is 5. The van der Waals surface area contributed by atoms with Crippen LogP contribution in [0.2, 0.25) is 0 Å². The number of likely N-dealkylation sites (tertiary alicyclic amines) is 1. The van der Waals surface area contributed by atoms with Gasteiger partial charge < -0.3 is 25.6 Å². The van der Waals surface area contributed by atoms with E-state index in [-0.39, 0.29) is 36.6 Å². The normalized spacial score (nSPS) is 16.0. The second kappa shape index (κ2) is 14.3. The van der Waals surface area contributed by atoms with Gasteiger partial charge in [0.05, 0.1) is 0 Å². The van der Waals surface area contributed by atoms with E-state index in [4.69, 9.17) is 10.1 Å². The zero-order valence-corrected chi connectivity index (χ0v) is 21.1. The molecule has 0 saturated carbocycles. The zero-order valence-electron chi connectivity index (χ0n) is 21.1. The van der Waals surface area contributed by atoms with Gasteiger partial charge in [-0.15, -0.1) is 0 Å². The van der Waals surface area contributed by atoms with Crippen LogP contribution in [0.1, 0.15) is 59.8 Å². The number of rotatable bonds is 11. The standard InChI is InChI=1S/C22H40N7O6/c1-6-15(2)14-25-19(31)17(8-7-11-24-20(23)27-29(33)34)26-18(30)16-9-12-28(13-10-16)21(32)35-22(3,4)5/h15-17H,1,6-14H2,2-5H3,(H,25,31)(H,26,30)(H3,23,24,27)/t15?,17-/m0/s1. The molecule has 199 valence electrons. The van der Waals surface area contributed by atoms with Crippen molar-refractivity contribution in [3.05, 3.63) is 17.0 Å². The Balaban J connectivity index is 2.63. The van der Waals surface area contributed by atoms with Crippen LogP contribution < -0.4 is 21.4 Å². The topological polar surface area (TPSA) is 179 Å². The minimum absolute atomic E-state index is 0.183. The van der Waals surface area contributed by atoms with Gasteiger partial charge in [-0.3, -0.25) is 15.0 Å². The second-order valence-corrected chi connectivity index (χ2v) is 9.75. The molecule has 1 fully saturated rings. The van der Waals surface area contributed by atoms with Crippen LogP contribution in [0.5, 0.6) is 0 Å². The molecular formula is C22H40N7O6. The Morgan fingerprint density at radius 1 is 1.23 bits per heavy atom. The van der Waals surface area contributed by atoms with Gasteiger partial charge in [-0.05, 0) is 58.8 Å². The van der Waals surface area contributed by atoms with E-state index in [0.717, 1.165) is 0 Å². The van der Waals surface area contributed by atoms with Gasteiger partial charge >= 0.3 is 6.09 Å². The van der Waals surface area contributed by atoms with Gasteiger partial charge in [-0.25, -0.2) is 14.9 Å². The van der Waals surface area contributed by atoms with Crippen LogP contribution >= 0.6 is 0 Å². The Morgan fingerprint density at radius 2 is 1.86 bits per heavy atom. The Labute approximate surface area is 206 Å². The number of carbonyl (C=O) groups is 3. The highest BCUT2D eigenvalue weighted by molar-refractivity contribution is 5.88. The van der Waals surface area contributed by atoms with Crippen molar-refractivity contribution in [3.8, 4) is 0 Å². The van der Waals surface area contributed by atoms with E-state index in [1.165, 1.54) is 0 Å². The van der Waals surface area contributed by atoms with Crippen molar-refractivity contribution in [1.82, 2.24) is 26.3 Å². The summed E-state index contributed by atoms with van der Waals surface area (Å²) >= 11 is 0. The predicted molar refractivity (Wildman–Crippen MR) is 130 cm³/mol. The third-order valence-corrected chi connectivity index (χ3v) is 5.44. The molecule has 13 heteroatoms. The van der Waals surface area contributed by atoms with Crippen LogP contribution in [0.25, 0.3) is 0 Å². The molecule has 0 aromatic rings. The third-order valence-electron chi connectivity index (χ3n) is 5.44. The molecule has 3 amide bonds. The van der Waals surface area contributed by atoms with Crippen LogP contribution in [-0.2, 0) is 14.3 Å². The van der Waals surface area contributed by atoms with Gasteiger partial charge in [-0.1, -0.05) is 19.3 Å². The molecule has 0 aromatic heterocycles. The summed E-state index contributed by atoms with van der Waals surface area (Å²) in [6.07, 6.45) is 1.85. The van der Waals surface area contributed by atoms with Crippen LogP contribution in [-0.4, -0.2) is 71.6 Å². The smallest absolute Gasteiger partial charge is 0.410 e. The van der Waals surface area contributed by atoms with Crippen LogP contribution in [0.4, 0.5) is 4.79 Å². The van der Waals surface area contributed by atoms with E-state index in [0.29, 0.717) is 45.3 Å². The summed E-state index contributed by atoms with van der Waals surface area (Å²) in [5.74, 6) is -1.18. The number of nitrogens with one attached hydrogen (secondary N) is 5. The summed E-state index contributed by atoms with van der Waals surface area (Å²) in [6, 6.07) is -0.789. The number of nitrogens with zero attached hydrogens (tertiary/aromatic N) is 2. The lowest BCUT2D eigenvalue weighted by Gasteiger charge is -2.33. The Kier molecular flexibility index (Phi) is 12.2. The molecule has 1 aliphatic heterocycles. The quantitative estimate of drug-likeness (QED) is 0.0926. The summed E-state index contributed by atoms with van der Waals surface area (Å²) < 4.78 is 5.38. The molecule has 2 atom stereocenters. The first-order chi connectivity index (χ1) is 16.3. The summed E-state index contributed by atoms with van der Waals surface area (Å²) in [6.45, 7) is 12.6. The molecule has 35 heavy (non-hydrogen) atoms. The average molecular weight is 499 g/mol. The maximum atomic E-state index is 12.9. The minimum Gasteiger partial charge on any atom is -0.444 e. The Morgan fingerprint density at radius 3 is 2.40 bits per heavy atom. The average Bonchev–Trinajstić information content (AvgIpc) is 2.77. The van der Waals surface area contributed by atoms with E-state index < -0.39 is 28.7 Å². The van der Waals surface area contributed by atoms with Gasteiger partial charge in [-0.2, -0.15) is 0 Å². The molecule has 1 radical (unpaired) electrons. The highest BCUT2D eigenvalue weighted by Crippen LogP contribution is 2.20. The molecule has 13 nitrogen and oxygen atoms in total. The molecule has 1 heterocycles. The lowest BCUT2D eigenvalue weighted by Crippen LogP contribution is -2.51. The third kappa shape index (κ3) is 12.2. The first-order valence-electron chi connectivity index (χ1n) is 11.9. The summed E-state index contributed by atoms with van der Waals surface area (Å²) in [4.78, 5) is 49.8. The molecule has 1 unspecified atom stereocenters. The molecule has 0 spiro atoms. The van der Waals surface area contributed by atoms with Gasteiger partial charge in [0, 0.05) is 32.1 Å². The molecule has 0 bridgehead atoms. The van der Waals surface area contributed by atoms with Crippen molar-refractivity contribution in [3.63, 3.8) is 0 Å². The van der Waals surface area contributed by atoms with E-state index in [2.05, 4.69) is 22.9 Å². The van der Waals surface area contributed by atoms with Crippen molar-refractivity contribution in [1.29, 1.82) is 5.41 Å². The first kappa shape index (κ1) is 29.9. The largest absolute Gasteiger partial charge is 0.444 e. The molecule has 1 aliphatic rings. The maximum Gasteiger partial charge on any atom is 0.410 e. The fraction of sp³-hybridized carbons (Fsp3) is 0.773. The highest BCUT2D eigenvalue weighted by Gasteiger charge is 2.31. The molecule has 1 rings (SSSR count). The molecule has 1 saturated heterocycles. The number of hydrogen-bond acceptors (Lipinski definition) is 7.